The van der Waals surface area contributed by atoms with Crippen LogP contribution in [0.2, 0.25) is 0 Å². The van der Waals surface area contributed by atoms with Crippen LogP contribution in [0.3, 0.4) is 0 Å². The van der Waals surface area contributed by atoms with Crippen molar-refractivity contribution < 1.29 is 13.2 Å². The fourth-order valence-corrected chi connectivity index (χ4v) is 6.33. The summed E-state index contributed by atoms with van der Waals surface area (Å²) in [7, 11) is -3.05. The molecule has 1 amide bonds. The van der Waals surface area contributed by atoms with Gasteiger partial charge in [-0.25, -0.2) is 22.6 Å². The summed E-state index contributed by atoms with van der Waals surface area (Å²) in [6.07, 6.45) is 1.30. The molecule has 1 aliphatic rings. The van der Waals surface area contributed by atoms with Crippen molar-refractivity contribution in [1.29, 1.82) is 0 Å². The third-order valence-electron chi connectivity index (χ3n) is 6.30. The third-order valence-corrected chi connectivity index (χ3v) is 8.05. The molecular weight excluding hydrogens is 440 g/mol. The Morgan fingerprint density at radius 2 is 1.97 bits per heavy atom. The number of anilines is 1. The number of amides is 1. The SMILES string of the molecule is Cc1cc(NC(=O)CCc2c(C)nc3c4ccccc4nn3c2C)n(C2CCS(=O)(=O)C2)n1. The Balaban J connectivity index is 1.35. The molecule has 4 heterocycles. The maximum absolute atomic E-state index is 12.8. The van der Waals surface area contributed by atoms with Gasteiger partial charge in [0.1, 0.15) is 5.82 Å². The van der Waals surface area contributed by atoms with Gasteiger partial charge in [0.2, 0.25) is 5.91 Å². The van der Waals surface area contributed by atoms with Crippen molar-refractivity contribution in [3.8, 4) is 0 Å². The molecule has 0 bridgehead atoms. The molecule has 3 aromatic heterocycles. The predicted octanol–water partition coefficient (Wildman–Crippen LogP) is 2.94. The largest absolute Gasteiger partial charge is 0.311 e. The van der Waals surface area contributed by atoms with Crippen molar-refractivity contribution in [1.82, 2.24) is 24.4 Å². The highest BCUT2D eigenvalue weighted by atomic mass is 32.2. The Morgan fingerprint density at radius 3 is 2.73 bits per heavy atom. The fraction of sp³-hybridized carbons (Fsp3) is 0.391. The van der Waals surface area contributed by atoms with Gasteiger partial charge in [0.05, 0.1) is 28.8 Å². The van der Waals surface area contributed by atoms with Crippen LogP contribution in [0.15, 0.2) is 30.3 Å². The van der Waals surface area contributed by atoms with Gasteiger partial charge >= 0.3 is 0 Å². The molecule has 172 valence electrons. The van der Waals surface area contributed by atoms with E-state index in [1.165, 1.54) is 0 Å². The average molecular weight is 467 g/mol. The van der Waals surface area contributed by atoms with Gasteiger partial charge in [-0.3, -0.25) is 4.79 Å². The number of benzene rings is 1. The summed E-state index contributed by atoms with van der Waals surface area (Å²) in [6.45, 7) is 5.79. The molecular formula is C23H26N6O3S. The van der Waals surface area contributed by atoms with Gasteiger partial charge in [0, 0.05) is 29.3 Å². The molecule has 4 aromatic rings. The van der Waals surface area contributed by atoms with E-state index in [0.717, 1.165) is 39.2 Å². The number of carbonyl (C=O) groups excluding carboxylic acids is 1. The van der Waals surface area contributed by atoms with Crippen molar-refractivity contribution in [2.24, 2.45) is 0 Å². The average Bonchev–Trinajstić information content (AvgIpc) is 3.42. The lowest BCUT2D eigenvalue weighted by Gasteiger charge is -2.14. The molecule has 1 fully saturated rings. The minimum Gasteiger partial charge on any atom is -0.311 e. The van der Waals surface area contributed by atoms with Crippen molar-refractivity contribution >= 4 is 38.1 Å². The minimum atomic E-state index is -3.05. The number of carbonyl (C=O) groups is 1. The molecule has 1 N–H and O–H groups in total. The van der Waals surface area contributed by atoms with Crippen LogP contribution in [0, 0.1) is 20.8 Å². The number of hydrogen-bond donors (Lipinski definition) is 1. The molecule has 1 unspecified atom stereocenters. The van der Waals surface area contributed by atoms with Crippen LogP contribution < -0.4 is 5.32 Å². The Labute approximate surface area is 191 Å². The highest BCUT2D eigenvalue weighted by Gasteiger charge is 2.31. The highest BCUT2D eigenvalue weighted by molar-refractivity contribution is 7.91. The smallest absolute Gasteiger partial charge is 0.225 e. The highest BCUT2D eigenvalue weighted by Crippen LogP contribution is 2.27. The number of aromatic nitrogens is 5. The van der Waals surface area contributed by atoms with Crippen LogP contribution in [-0.2, 0) is 21.1 Å². The minimum absolute atomic E-state index is 0.0548. The number of nitrogens with one attached hydrogen (secondary N) is 1. The predicted molar refractivity (Wildman–Crippen MR) is 126 cm³/mol. The number of fused-ring (bicyclic) bond motifs is 3. The molecule has 0 spiro atoms. The van der Waals surface area contributed by atoms with Crippen molar-refractivity contribution in [3.63, 3.8) is 0 Å². The summed E-state index contributed by atoms with van der Waals surface area (Å²) in [5.41, 5.74) is 5.30. The first-order chi connectivity index (χ1) is 15.7. The Hall–Kier alpha value is -3.27. The van der Waals surface area contributed by atoms with Crippen molar-refractivity contribution in [2.45, 2.75) is 46.1 Å². The molecule has 1 saturated heterocycles. The Morgan fingerprint density at radius 1 is 1.18 bits per heavy atom. The van der Waals surface area contributed by atoms with Crippen molar-refractivity contribution in [2.75, 3.05) is 16.8 Å². The zero-order chi connectivity index (χ0) is 23.3. The first-order valence-corrected chi connectivity index (χ1v) is 12.8. The Kier molecular flexibility index (Phi) is 5.19. The first kappa shape index (κ1) is 21.6. The van der Waals surface area contributed by atoms with Crippen molar-refractivity contribution in [3.05, 3.63) is 53.0 Å². The van der Waals surface area contributed by atoms with Crippen LogP contribution in [0.4, 0.5) is 5.82 Å². The number of aryl methyl sites for hydroxylation is 3. The molecule has 5 rings (SSSR count). The van der Waals surface area contributed by atoms with E-state index < -0.39 is 9.84 Å². The Bertz CT molecular complexity index is 1500. The van der Waals surface area contributed by atoms with E-state index in [2.05, 4.69) is 15.5 Å². The topological polar surface area (TPSA) is 111 Å². The number of nitrogens with zero attached hydrogens (tertiary/aromatic N) is 5. The summed E-state index contributed by atoms with van der Waals surface area (Å²) >= 11 is 0. The molecule has 0 saturated carbocycles. The van der Waals surface area contributed by atoms with Gasteiger partial charge < -0.3 is 5.32 Å². The van der Waals surface area contributed by atoms with Gasteiger partial charge in [-0.05, 0) is 51.3 Å². The summed E-state index contributed by atoms with van der Waals surface area (Å²) in [5.74, 6) is 0.598. The van der Waals surface area contributed by atoms with E-state index >= 15 is 0 Å². The second-order valence-corrected chi connectivity index (χ2v) is 11.0. The van der Waals surface area contributed by atoms with Crippen LogP contribution in [0.1, 0.15) is 41.5 Å². The monoisotopic (exact) mass is 466 g/mol. The second-order valence-electron chi connectivity index (χ2n) is 8.73. The summed E-state index contributed by atoms with van der Waals surface area (Å²) < 4.78 is 27.3. The van der Waals surface area contributed by atoms with E-state index in [-0.39, 0.29) is 29.9 Å². The number of sulfone groups is 1. The number of rotatable bonds is 5. The first-order valence-electron chi connectivity index (χ1n) is 11.0. The van der Waals surface area contributed by atoms with E-state index in [4.69, 9.17) is 4.98 Å². The molecule has 10 heteroatoms. The quantitative estimate of drug-likeness (QED) is 0.484. The second kappa shape index (κ2) is 7.95. The summed E-state index contributed by atoms with van der Waals surface area (Å²) in [6, 6.07) is 9.44. The van der Waals surface area contributed by atoms with Crippen LogP contribution >= 0.6 is 0 Å². The maximum atomic E-state index is 12.8. The van der Waals surface area contributed by atoms with Gasteiger partial charge in [0.15, 0.2) is 15.5 Å². The maximum Gasteiger partial charge on any atom is 0.225 e. The van der Waals surface area contributed by atoms with E-state index in [0.29, 0.717) is 18.7 Å². The molecule has 1 aromatic carbocycles. The third kappa shape index (κ3) is 3.99. The summed E-state index contributed by atoms with van der Waals surface area (Å²) in [4.78, 5) is 17.6. The van der Waals surface area contributed by atoms with Crippen LogP contribution in [0.25, 0.3) is 16.6 Å². The van der Waals surface area contributed by atoms with E-state index in [1.54, 1.807) is 10.7 Å². The molecule has 0 radical (unpaired) electrons. The lowest BCUT2D eigenvalue weighted by Crippen LogP contribution is -2.20. The lowest BCUT2D eigenvalue weighted by molar-refractivity contribution is -0.116. The molecule has 0 aliphatic carbocycles. The lowest BCUT2D eigenvalue weighted by atomic mass is 10.1. The van der Waals surface area contributed by atoms with E-state index in [1.807, 2.05) is 49.6 Å². The van der Waals surface area contributed by atoms with Gasteiger partial charge in [-0.1, -0.05) is 12.1 Å². The van der Waals surface area contributed by atoms with E-state index in [9.17, 15) is 13.2 Å². The van der Waals surface area contributed by atoms with Gasteiger partial charge in [-0.2, -0.15) is 10.2 Å². The summed E-state index contributed by atoms with van der Waals surface area (Å²) in [5, 5.41) is 13.0. The molecule has 1 aliphatic heterocycles. The standard InChI is InChI=1S/C23H26N6O3S/c1-14-12-21(29(26-14)17-10-11-33(31,32)13-17)25-22(30)9-8-18-15(2)24-23-19-6-4-5-7-20(19)27-28(23)16(18)3/h4-7,12,17H,8-11,13H2,1-3H3,(H,25,30). The molecule has 33 heavy (non-hydrogen) atoms. The zero-order valence-corrected chi connectivity index (χ0v) is 19.7. The van der Waals surface area contributed by atoms with Crippen LogP contribution in [-0.4, -0.2) is 50.2 Å². The molecule has 1 atom stereocenters. The van der Waals surface area contributed by atoms with Gasteiger partial charge in [0.25, 0.3) is 0 Å². The number of hydrogen-bond acceptors (Lipinski definition) is 6. The molecule has 9 nitrogen and oxygen atoms in total. The normalized spacial score (nSPS) is 17.7. The van der Waals surface area contributed by atoms with Crippen LogP contribution in [0.5, 0.6) is 0 Å². The van der Waals surface area contributed by atoms with Gasteiger partial charge in [-0.15, -0.1) is 0 Å². The zero-order valence-electron chi connectivity index (χ0n) is 18.9. The fourth-order valence-electron chi connectivity index (χ4n) is 4.64.